The first-order chi connectivity index (χ1) is 12.7. The molecule has 0 aromatic heterocycles. The number of carbonyl (C=O) groups excluding carboxylic acids is 1. The van der Waals surface area contributed by atoms with Gasteiger partial charge in [0.25, 0.3) is 0 Å². The Kier molecular flexibility index (Phi) is 6.42. The van der Waals surface area contributed by atoms with Crippen molar-refractivity contribution in [2.45, 2.75) is 32.9 Å². The summed E-state index contributed by atoms with van der Waals surface area (Å²) in [6, 6.07) is 8.72. The number of rotatable bonds is 7. The molecule has 0 fully saturated rings. The van der Waals surface area contributed by atoms with Crippen molar-refractivity contribution in [1.29, 1.82) is 0 Å². The molecule has 0 amide bonds. The quantitative estimate of drug-likeness (QED) is 0.380. The largest absolute Gasteiger partial charge is 0.416 e. The van der Waals surface area contributed by atoms with Crippen molar-refractivity contribution in [2.75, 3.05) is 0 Å². The van der Waals surface area contributed by atoms with Gasteiger partial charge in [0.15, 0.2) is 5.78 Å². The number of carbonyl (C=O) groups is 1. The maximum Gasteiger partial charge on any atom is 0.416 e. The number of benzene rings is 2. The topological polar surface area (TPSA) is 17.1 Å². The van der Waals surface area contributed by atoms with Crippen LogP contribution in [0.15, 0.2) is 61.7 Å². The number of hydrogen-bond donors (Lipinski definition) is 0. The molecule has 0 saturated carbocycles. The summed E-state index contributed by atoms with van der Waals surface area (Å²) in [7, 11) is 0. The minimum atomic E-state index is -4.36. The lowest BCUT2D eigenvalue weighted by Crippen LogP contribution is -2.14. The van der Waals surface area contributed by atoms with Crippen molar-refractivity contribution in [3.05, 3.63) is 84.0 Å². The second-order valence-corrected chi connectivity index (χ2v) is 6.67. The van der Waals surface area contributed by atoms with Gasteiger partial charge in [-0.3, -0.25) is 4.79 Å². The summed E-state index contributed by atoms with van der Waals surface area (Å²) in [5, 5.41) is 0. The summed E-state index contributed by atoms with van der Waals surface area (Å²) in [5.41, 5.74) is 3.19. The van der Waals surface area contributed by atoms with E-state index in [-0.39, 0.29) is 11.7 Å². The van der Waals surface area contributed by atoms with Crippen LogP contribution < -0.4 is 0 Å². The molecule has 0 N–H and O–H groups in total. The van der Waals surface area contributed by atoms with Crippen molar-refractivity contribution in [2.24, 2.45) is 5.92 Å². The van der Waals surface area contributed by atoms with Gasteiger partial charge in [0.2, 0.25) is 0 Å². The first-order valence-corrected chi connectivity index (χ1v) is 8.74. The Morgan fingerprint density at radius 3 is 1.89 bits per heavy atom. The smallest absolute Gasteiger partial charge is 0.294 e. The van der Waals surface area contributed by atoms with E-state index in [1.807, 2.05) is 26.0 Å². The molecular formula is C23H23F3O. The molecule has 27 heavy (non-hydrogen) atoms. The van der Waals surface area contributed by atoms with Crippen molar-refractivity contribution in [3.63, 3.8) is 0 Å². The SMILES string of the molecule is C=CCC(CC=C)C(=O)c1cc(C)c(-c2ccc(C(F)(F)F)cc2)c(C)c1. The standard InChI is InChI=1S/C23H23F3O/c1-5-7-18(8-6-2)22(27)19-13-15(3)21(16(4)14-19)17-9-11-20(12-10-17)23(24,25)26/h5-6,9-14,18H,1-2,7-8H2,3-4H3. The van der Waals surface area contributed by atoms with Gasteiger partial charge in [-0.2, -0.15) is 13.2 Å². The van der Waals surface area contributed by atoms with E-state index in [1.54, 1.807) is 12.2 Å². The van der Waals surface area contributed by atoms with Crippen LogP contribution in [0.3, 0.4) is 0 Å². The predicted molar refractivity (Wildman–Crippen MR) is 104 cm³/mol. The number of allylic oxidation sites excluding steroid dienone is 2. The molecule has 142 valence electrons. The zero-order chi connectivity index (χ0) is 20.2. The molecule has 0 spiro atoms. The summed E-state index contributed by atoms with van der Waals surface area (Å²) in [4.78, 5) is 12.8. The average Bonchev–Trinajstić information content (AvgIpc) is 2.60. The summed E-state index contributed by atoms with van der Waals surface area (Å²) in [5.74, 6) is -0.171. The molecule has 0 unspecified atom stereocenters. The van der Waals surface area contributed by atoms with Crippen LogP contribution in [-0.4, -0.2) is 5.78 Å². The van der Waals surface area contributed by atoms with E-state index in [4.69, 9.17) is 0 Å². The lowest BCUT2D eigenvalue weighted by atomic mass is 9.87. The second-order valence-electron chi connectivity index (χ2n) is 6.67. The monoisotopic (exact) mass is 372 g/mol. The molecule has 0 bridgehead atoms. The van der Waals surface area contributed by atoms with Gasteiger partial charge in [0.1, 0.15) is 0 Å². The van der Waals surface area contributed by atoms with E-state index in [0.29, 0.717) is 24.0 Å². The van der Waals surface area contributed by atoms with E-state index in [9.17, 15) is 18.0 Å². The first-order valence-electron chi connectivity index (χ1n) is 8.74. The van der Waals surface area contributed by atoms with E-state index >= 15 is 0 Å². The van der Waals surface area contributed by atoms with Gasteiger partial charge in [-0.15, -0.1) is 13.2 Å². The van der Waals surface area contributed by atoms with Gasteiger partial charge in [0.05, 0.1) is 5.56 Å². The van der Waals surface area contributed by atoms with Gasteiger partial charge >= 0.3 is 6.18 Å². The Morgan fingerprint density at radius 2 is 1.48 bits per heavy atom. The highest BCUT2D eigenvalue weighted by molar-refractivity contribution is 5.99. The van der Waals surface area contributed by atoms with Gasteiger partial charge in [-0.05, 0) is 73.2 Å². The van der Waals surface area contributed by atoms with Crippen LogP contribution in [0.4, 0.5) is 13.2 Å². The third kappa shape index (κ3) is 4.76. The predicted octanol–water partition coefficient (Wildman–Crippen LogP) is 6.94. The maximum absolute atomic E-state index is 12.8. The highest BCUT2D eigenvalue weighted by Gasteiger charge is 2.30. The van der Waals surface area contributed by atoms with Crippen molar-refractivity contribution in [3.8, 4) is 11.1 Å². The molecule has 2 aromatic rings. The Hall–Kier alpha value is -2.62. The third-order valence-corrected chi connectivity index (χ3v) is 4.59. The lowest BCUT2D eigenvalue weighted by molar-refractivity contribution is -0.137. The van der Waals surface area contributed by atoms with Crippen LogP contribution in [0.25, 0.3) is 11.1 Å². The molecule has 0 saturated heterocycles. The fraction of sp³-hybridized carbons (Fsp3) is 0.261. The number of alkyl halides is 3. The fourth-order valence-corrected chi connectivity index (χ4v) is 3.34. The lowest BCUT2D eigenvalue weighted by Gasteiger charge is -2.16. The van der Waals surface area contributed by atoms with Crippen molar-refractivity contribution < 1.29 is 18.0 Å². The minimum Gasteiger partial charge on any atom is -0.294 e. The molecule has 4 heteroatoms. The van der Waals surface area contributed by atoms with Crippen LogP contribution in [0.5, 0.6) is 0 Å². The zero-order valence-electron chi connectivity index (χ0n) is 15.6. The summed E-state index contributed by atoms with van der Waals surface area (Å²) < 4.78 is 38.3. The van der Waals surface area contributed by atoms with Crippen LogP contribution in [-0.2, 0) is 6.18 Å². The molecule has 0 aliphatic carbocycles. The highest BCUT2D eigenvalue weighted by Crippen LogP contribution is 2.34. The maximum atomic E-state index is 12.8. The number of hydrogen-bond acceptors (Lipinski definition) is 1. The summed E-state index contributed by atoms with van der Waals surface area (Å²) >= 11 is 0. The Balaban J connectivity index is 2.41. The number of Topliss-reactive ketones (excluding diaryl/α,β-unsaturated/α-hetero) is 1. The summed E-state index contributed by atoms with van der Waals surface area (Å²) in [6.07, 6.45) is 0.238. The first kappa shape index (κ1) is 20.7. The molecule has 0 radical (unpaired) electrons. The van der Waals surface area contributed by atoms with Crippen LogP contribution in [0.1, 0.15) is 39.9 Å². The third-order valence-electron chi connectivity index (χ3n) is 4.59. The van der Waals surface area contributed by atoms with Gasteiger partial charge in [0, 0.05) is 11.5 Å². The minimum absolute atomic E-state index is 0.0277. The van der Waals surface area contributed by atoms with Crippen molar-refractivity contribution >= 4 is 5.78 Å². The van der Waals surface area contributed by atoms with Gasteiger partial charge in [-0.25, -0.2) is 0 Å². The summed E-state index contributed by atoms with van der Waals surface area (Å²) in [6.45, 7) is 11.1. The van der Waals surface area contributed by atoms with Crippen molar-refractivity contribution in [1.82, 2.24) is 0 Å². The van der Waals surface area contributed by atoms with Gasteiger partial charge < -0.3 is 0 Å². The molecule has 2 rings (SSSR count). The molecule has 0 heterocycles. The average molecular weight is 372 g/mol. The Labute approximate surface area is 158 Å². The highest BCUT2D eigenvalue weighted by atomic mass is 19.4. The zero-order valence-corrected chi connectivity index (χ0v) is 15.6. The fourth-order valence-electron chi connectivity index (χ4n) is 3.34. The molecule has 1 nitrogen and oxygen atoms in total. The van der Waals surface area contributed by atoms with E-state index < -0.39 is 11.7 Å². The second kappa shape index (κ2) is 8.38. The number of halogens is 3. The number of ketones is 1. The Morgan fingerprint density at radius 1 is 1.00 bits per heavy atom. The molecule has 0 aliphatic rings. The van der Waals surface area contributed by atoms with Crippen LogP contribution in [0, 0.1) is 19.8 Å². The molecule has 0 aliphatic heterocycles. The van der Waals surface area contributed by atoms with E-state index in [0.717, 1.165) is 28.8 Å². The molecule has 0 atom stereocenters. The van der Waals surface area contributed by atoms with Crippen LogP contribution >= 0.6 is 0 Å². The van der Waals surface area contributed by atoms with Gasteiger partial charge in [-0.1, -0.05) is 24.3 Å². The number of aryl methyl sites for hydroxylation is 2. The van der Waals surface area contributed by atoms with E-state index in [2.05, 4.69) is 13.2 Å². The van der Waals surface area contributed by atoms with Crippen LogP contribution in [0.2, 0.25) is 0 Å². The normalized spacial score (nSPS) is 11.5. The van der Waals surface area contributed by atoms with E-state index in [1.165, 1.54) is 12.1 Å². The molecular weight excluding hydrogens is 349 g/mol. The Bertz CT molecular complexity index is 812. The molecule has 2 aromatic carbocycles.